The van der Waals surface area contributed by atoms with Crippen molar-refractivity contribution in [2.45, 2.75) is 25.7 Å². The van der Waals surface area contributed by atoms with Gasteiger partial charge in [-0.1, -0.05) is 0 Å². The van der Waals surface area contributed by atoms with Crippen LogP contribution in [0.3, 0.4) is 0 Å². The van der Waals surface area contributed by atoms with Gasteiger partial charge in [0.05, 0.1) is 32.0 Å². The van der Waals surface area contributed by atoms with Crippen molar-refractivity contribution in [2.75, 3.05) is 31.4 Å². The second-order valence-corrected chi connectivity index (χ2v) is 7.26. The minimum absolute atomic E-state index is 0.0504. The molecule has 8 heteroatoms. The number of rotatable bonds is 6. The summed E-state index contributed by atoms with van der Waals surface area (Å²) in [5.41, 5.74) is 1.96. The van der Waals surface area contributed by atoms with E-state index in [0.717, 1.165) is 36.1 Å². The average molecular weight is 392 g/mol. The smallest absolute Gasteiger partial charge is 0.341 e. The predicted molar refractivity (Wildman–Crippen MR) is 102 cm³/mol. The minimum Gasteiger partial charge on any atom is -0.494 e. The lowest BCUT2D eigenvalue weighted by Crippen LogP contribution is -2.22. The van der Waals surface area contributed by atoms with Crippen LogP contribution in [0.15, 0.2) is 18.2 Å². The van der Waals surface area contributed by atoms with Gasteiger partial charge in [-0.15, -0.1) is 11.3 Å². The van der Waals surface area contributed by atoms with Gasteiger partial charge in [-0.05, 0) is 43.4 Å². The summed E-state index contributed by atoms with van der Waals surface area (Å²) in [4.78, 5) is 25.7. The van der Waals surface area contributed by atoms with Gasteiger partial charge in [0.25, 0.3) is 0 Å². The zero-order valence-corrected chi connectivity index (χ0v) is 16.0. The van der Waals surface area contributed by atoms with E-state index in [-0.39, 0.29) is 12.5 Å². The largest absolute Gasteiger partial charge is 0.494 e. The highest BCUT2D eigenvalue weighted by atomic mass is 32.1. The van der Waals surface area contributed by atoms with Gasteiger partial charge in [-0.3, -0.25) is 4.79 Å². The molecule has 27 heavy (non-hydrogen) atoms. The second-order valence-electron chi connectivity index (χ2n) is 6.15. The van der Waals surface area contributed by atoms with Crippen molar-refractivity contribution in [3.63, 3.8) is 0 Å². The second kappa shape index (κ2) is 8.39. The van der Waals surface area contributed by atoms with E-state index < -0.39 is 11.8 Å². The van der Waals surface area contributed by atoms with E-state index in [0.29, 0.717) is 22.0 Å². The topological polar surface area (TPSA) is 76.7 Å². The molecule has 0 saturated heterocycles. The number of thiophene rings is 1. The average Bonchev–Trinajstić information content (AvgIpc) is 3.03. The molecular weight excluding hydrogens is 371 g/mol. The third-order valence-corrected chi connectivity index (χ3v) is 5.62. The van der Waals surface area contributed by atoms with Gasteiger partial charge in [0, 0.05) is 10.9 Å². The monoisotopic (exact) mass is 392 g/mol. The summed E-state index contributed by atoms with van der Waals surface area (Å²) in [6.45, 7) is -0.0504. The Labute approximate surface area is 160 Å². The van der Waals surface area contributed by atoms with Crippen molar-refractivity contribution in [3.05, 3.63) is 40.0 Å². The molecule has 1 heterocycles. The molecular formula is C19H21FN2O4S. The zero-order valence-electron chi connectivity index (χ0n) is 15.2. The lowest BCUT2D eigenvalue weighted by molar-refractivity contribution is -0.114. The fourth-order valence-corrected chi connectivity index (χ4v) is 4.42. The van der Waals surface area contributed by atoms with Crippen LogP contribution in [0.25, 0.3) is 0 Å². The summed E-state index contributed by atoms with van der Waals surface area (Å²) < 4.78 is 23.3. The third kappa shape index (κ3) is 4.21. The summed E-state index contributed by atoms with van der Waals surface area (Å²) in [5, 5.41) is 6.24. The van der Waals surface area contributed by atoms with E-state index in [1.807, 2.05) is 0 Å². The highest BCUT2D eigenvalue weighted by Gasteiger charge is 2.26. The number of fused-ring (bicyclic) bond motifs is 1. The van der Waals surface area contributed by atoms with E-state index in [1.165, 1.54) is 43.8 Å². The highest BCUT2D eigenvalue weighted by molar-refractivity contribution is 7.17. The molecule has 0 saturated carbocycles. The fourth-order valence-electron chi connectivity index (χ4n) is 3.13. The minimum atomic E-state index is -0.433. The molecule has 0 fully saturated rings. The van der Waals surface area contributed by atoms with E-state index in [9.17, 15) is 14.0 Å². The van der Waals surface area contributed by atoms with Gasteiger partial charge in [0.15, 0.2) is 0 Å². The number of anilines is 2. The summed E-state index contributed by atoms with van der Waals surface area (Å²) in [5.74, 6) is -0.860. The van der Waals surface area contributed by atoms with Gasteiger partial charge in [0.2, 0.25) is 5.91 Å². The Bertz CT molecular complexity index is 866. The Morgan fingerprint density at radius 1 is 1.22 bits per heavy atom. The molecule has 2 aromatic rings. The lowest BCUT2D eigenvalue weighted by atomic mass is 9.95. The predicted octanol–water partition coefficient (Wildman–Crippen LogP) is 3.61. The number of carbonyl (C=O) groups excluding carboxylic acids is 2. The zero-order chi connectivity index (χ0) is 19.4. The SMILES string of the molecule is COC(=O)c1c(NC(=O)CNc2ccc(F)cc2OC)sc2c1CCCC2. The first-order valence-electron chi connectivity index (χ1n) is 8.63. The molecule has 1 amide bonds. The number of esters is 1. The van der Waals surface area contributed by atoms with Crippen molar-refractivity contribution in [1.29, 1.82) is 0 Å². The van der Waals surface area contributed by atoms with Gasteiger partial charge >= 0.3 is 5.97 Å². The molecule has 0 aliphatic heterocycles. The maximum Gasteiger partial charge on any atom is 0.341 e. The fraction of sp³-hybridized carbons (Fsp3) is 0.368. The molecule has 0 unspecified atom stereocenters. The molecule has 1 aromatic carbocycles. The first-order chi connectivity index (χ1) is 13.0. The van der Waals surface area contributed by atoms with Crippen molar-refractivity contribution in [2.24, 2.45) is 0 Å². The number of hydrogen-bond donors (Lipinski definition) is 2. The normalized spacial score (nSPS) is 12.9. The number of aryl methyl sites for hydroxylation is 1. The maximum atomic E-state index is 13.3. The number of carbonyl (C=O) groups is 2. The van der Waals surface area contributed by atoms with Crippen LogP contribution in [0, 0.1) is 5.82 Å². The molecule has 3 rings (SSSR count). The van der Waals surface area contributed by atoms with Gasteiger partial charge in [-0.25, -0.2) is 9.18 Å². The van der Waals surface area contributed by atoms with Gasteiger partial charge in [-0.2, -0.15) is 0 Å². The maximum absolute atomic E-state index is 13.3. The summed E-state index contributed by atoms with van der Waals surface area (Å²) in [6.07, 6.45) is 3.82. The van der Waals surface area contributed by atoms with Crippen molar-refractivity contribution in [1.82, 2.24) is 0 Å². The number of benzene rings is 1. The molecule has 144 valence electrons. The Morgan fingerprint density at radius 2 is 2.00 bits per heavy atom. The Balaban J connectivity index is 1.73. The summed E-state index contributed by atoms with van der Waals surface area (Å²) in [6, 6.07) is 4.03. The first-order valence-corrected chi connectivity index (χ1v) is 9.45. The molecule has 1 aliphatic carbocycles. The quantitative estimate of drug-likeness (QED) is 0.735. The molecule has 1 aromatic heterocycles. The van der Waals surface area contributed by atoms with Crippen LogP contribution in [0.1, 0.15) is 33.6 Å². The van der Waals surface area contributed by atoms with Gasteiger partial charge < -0.3 is 20.1 Å². The molecule has 0 radical (unpaired) electrons. The first kappa shape index (κ1) is 19.2. The van der Waals surface area contributed by atoms with Crippen LogP contribution < -0.4 is 15.4 Å². The van der Waals surface area contributed by atoms with Crippen molar-refractivity contribution >= 4 is 33.9 Å². The molecule has 6 nitrogen and oxygen atoms in total. The Kier molecular flexibility index (Phi) is 5.95. The van der Waals surface area contributed by atoms with Crippen LogP contribution in [0.2, 0.25) is 0 Å². The van der Waals surface area contributed by atoms with Crippen LogP contribution >= 0.6 is 11.3 Å². The van der Waals surface area contributed by atoms with Crippen LogP contribution in [-0.4, -0.2) is 32.6 Å². The Morgan fingerprint density at radius 3 is 2.74 bits per heavy atom. The summed E-state index contributed by atoms with van der Waals surface area (Å²) in [7, 11) is 2.77. The number of hydrogen-bond acceptors (Lipinski definition) is 6. The van der Waals surface area contributed by atoms with E-state index in [4.69, 9.17) is 9.47 Å². The molecule has 0 spiro atoms. The third-order valence-electron chi connectivity index (χ3n) is 4.42. The molecule has 0 bridgehead atoms. The lowest BCUT2D eigenvalue weighted by Gasteiger charge is -2.12. The molecule has 2 N–H and O–H groups in total. The number of methoxy groups -OCH3 is 2. The van der Waals surface area contributed by atoms with Gasteiger partial charge in [0.1, 0.15) is 16.6 Å². The van der Waals surface area contributed by atoms with Crippen molar-refractivity contribution < 1.29 is 23.5 Å². The van der Waals surface area contributed by atoms with Crippen LogP contribution in [-0.2, 0) is 22.4 Å². The summed E-state index contributed by atoms with van der Waals surface area (Å²) >= 11 is 1.43. The van der Waals surface area contributed by atoms with E-state index >= 15 is 0 Å². The number of halogens is 1. The Hall–Kier alpha value is -2.61. The molecule has 1 aliphatic rings. The van der Waals surface area contributed by atoms with Crippen LogP contribution in [0.5, 0.6) is 5.75 Å². The van der Waals surface area contributed by atoms with E-state index in [1.54, 1.807) is 0 Å². The molecule has 0 atom stereocenters. The van der Waals surface area contributed by atoms with Crippen LogP contribution in [0.4, 0.5) is 15.1 Å². The number of nitrogens with one attached hydrogen (secondary N) is 2. The van der Waals surface area contributed by atoms with Crippen molar-refractivity contribution in [3.8, 4) is 5.75 Å². The van der Waals surface area contributed by atoms with E-state index in [2.05, 4.69) is 10.6 Å². The number of amides is 1. The number of ether oxygens (including phenoxy) is 2. The standard InChI is InChI=1S/C19H21FN2O4S/c1-25-14-9-11(20)7-8-13(14)21-10-16(23)22-18-17(19(24)26-2)12-5-3-4-6-15(12)27-18/h7-9,21H,3-6,10H2,1-2H3,(H,22,23). The highest BCUT2D eigenvalue weighted by Crippen LogP contribution is 2.38.